The third-order valence-corrected chi connectivity index (χ3v) is 4.03. The Balaban J connectivity index is 2.98. The number of aliphatic hydroxyl groups is 1. The van der Waals surface area contributed by atoms with Gasteiger partial charge in [-0.05, 0) is 12.1 Å². The summed E-state index contributed by atoms with van der Waals surface area (Å²) in [6.45, 7) is -0.553. The van der Waals surface area contributed by atoms with Crippen molar-refractivity contribution in [2.75, 3.05) is 12.3 Å². The molecule has 7 nitrogen and oxygen atoms in total. The molecule has 0 aliphatic heterocycles. The number of carbonyl (C=O) groups excluding carboxylic acids is 1. The standard InChI is InChI=1S/C9H12ClN3O4S/c10-5-2-1-3-6(11)8(5)18(16,17)13-4-7(14)9(12)15/h1-3,7,13-14H,4,11H2,(H2,12,15). The molecule has 18 heavy (non-hydrogen) atoms. The van der Waals surface area contributed by atoms with E-state index < -0.39 is 28.6 Å². The molecule has 0 fully saturated rings. The Labute approximate surface area is 109 Å². The topological polar surface area (TPSA) is 136 Å². The van der Waals surface area contributed by atoms with E-state index in [-0.39, 0.29) is 15.6 Å². The maximum absolute atomic E-state index is 11.9. The Hall–Kier alpha value is -1.35. The van der Waals surface area contributed by atoms with E-state index in [0.29, 0.717) is 0 Å². The first-order valence-electron chi connectivity index (χ1n) is 4.76. The van der Waals surface area contributed by atoms with Crippen LogP contribution in [-0.2, 0) is 14.8 Å². The zero-order valence-corrected chi connectivity index (χ0v) is 10.7. The number of carbonyl (C=O) groups is 1. The Morgan fingerprint density at radius 1 is 1.50 bits per heavy atom. The molecule has 6 N–H and O–H groups in total. The van der Waals surface area contributed by atoms with Gasteiger partial charge in [-0.15, -0.1) is 0 Å². The SMILES string of the molecule is NC(=O)C(O)CNS(=O)(=O)c1c(N)cccc1Cl. The highest BCUT2D eigenvalue weighted by molar-refractivity contribution is 7.89. The van der Waals surface area contributed by atoms with Crippen molar-refractivity contribution in [3.8, 4) is 0 Å². The molecule has 100 valence electrons. The molecule has 1 amide bonds. The van der Waals surface area contributed by atoms with Gasteiger partial charge >= 0.3 is 0 Å². The summed E-state index contributed by atoms with van der Waals surface area (Å²) in [7, 11) is -4.02. The minimum atomic E-state index is -4.02. The summed E-state index contributed by atoms with van der Waals surface area (Å²) < 4.78 is 25.7. The van der Waals surface area contributed by atoms with Crippen LogP contribution in [0.15, 0.2) is 23.1 Å². The van der Waals surface area contributed by atoms with Crippen molar-refractivity contribution in [1.29, 1.82) is 0 Å². The molecule has 9 heteroatoms. The lowest BCUT2D eigenvalue weighted by Crippen LogP contribution is -2.40. The smallest absolute Gasteiger partial charge is 0.247 e. The van der Waals surface area contributed by atoms with E-state index in [4.69, 9.17) is 28.2 Å². The van der Waals surface area contributed by atoms with E-state index in [1.807, 2.05) is 4.72 Å². The van der Waals surface area contributed by atoms with Gasteiger partial charge in [0.15, 0.2) is 0 Å². The molecule has 0 spiro atoms. The Morgan fingerprint density at radius 2 is 2.11 bits per heavy atom. The molecule has 1 rings (SSSR count). The first-order chi connectivity index (χ1) is 8.25. The van der Waals surface area contributed by atoms with Gasteiger partial charge in [-0.3, -0.25) is 4.79 Å². The van der Waals surface area contributed by atoms with Gasteiger partial charge in [-0.25, -0.2) is 13.1 Å². The van der Waals surface area contributed by atoms with Crippen molar-refractivity contribution in [2.24, 2.45) is 5.73 Å². The molecule has 0 heterocycles. The molecule has 0 radical (unpaired) electrons. The molecule has 0 aromatic heterocycles. The highest BCUT2D eigenvalue weighted by Gasteiger charge is 2.23. The van der Waals surface area contributed by atoms with E-state index in [2.05, 4.69) is 0 Å². The van der Waals surface area contributed by atoms with Crippen LogP contribution in [0.4, 0.5) is 5.69 Å². The lowest BCUT2D eigenvalue weighted by atomic mass is 10.3. The molecule has 1 aromatic rings. The molecule has 0 saturated carbocycles. The number of aliphatic hydroxyl groups excluding tert-OH is 1. The van der Waals surface area contributed by atoms with Crippen molar-refractivity contribution < 1.29 is 18.3 Å². The van der Waals surface area contributed by atoms with E-state index in [1.165, 1.54) is 18.2 Å². The fraction of sp³-hybridized carbons (Fsp3) is 0.222. The molecule has 0 bridgehead atoms. The van der Waals surface area contributed by atoms with Crippen molar-refractivity contribution in [3.05, 3.63) is 23.2 Å². The third kappa shape index (κ3) is 3.33. The summed E-state index contributed by atoms with van der Waals surface area (Å²) in [4.78, 5) is 10.3. The van der Waals surface area contributed by atoms with Gasteiger partial charge in [0.1, 0.15) is 11.0 Å². The second-order valence-corrected chi connectivity index (χ2v) is 5.54. The van der Waals surface area contributed by atoms with Gasteiger partial charge in [-0.2, -0.15) is 0 Å². The number of halogens is 1. The van der Waals surface area contributed by atoms with E-state index >= 15 is 0 Å². The second-order valence-electron chi connectivity index (χ2n) is 3.43. The Kier molecular flexibility index (Phi) is 4.52. The zero-order chi connectivity index (χ0) is 13.9. The normalized spacial score (nSPS) is 13.2. The first-order valence-corrected chi connectivity index (χ1v) is 6.63. The highest BCUT2D eigenvalue weighted by atomic mass is 35.5. The number of nitrogens with one attached hydrogen (secondary N) is 1. The number of nitrogens with two attached hydrogens (primary N) is 2. The zero-order valence-electron chi connectivity index (χ0n) is 9.13. The summed E-state index contributed by atoms with van der Waals surface area (Å²) in [5, 5.41) is 9.05. The van der Waals surface area contributed by atoms with E-state index in [0.717, 1.165) is 0 Å². The van der Waals surface area contributed by atoms with Crippen LogP contribution in [0.3, 0.4) is 0 Å². The minimum Gasteiger partial charge on any atom is -0.398 e. The fourth-order valence-corrected chi connectivity index (χ4v) is 2.88. The van der Waals surface area contributed by atoms with Crippen LogP contribution in [-0.4, -0.2) is 32.1 Å². The number of nitrogen functional groups attached to an aromatic ring is 1. The van der Waals surface area contributed by atoms with Crippen molar-refractivity contribution in [3.63, 3.8) is 0 Å². The number of hydrogen-bond acceptors (Lipinski definition) is 5. The number of primary amides is 1. The lowest BCUT2D eigenvalue weighted by Gasteiger charge is -2.12. The average molecular weight is 294 g/mol. The molecular weight excluding hydrogens is 282 g/mol. The summed E-state index contributed by atoms with van der Waals surface area (Å²) in [5.74, 6) is -1.04. The predicted molar refractivity (Wildman–Crippen MR) is 66.3 cm³/mol. The highest BCUT2D eigenvalue weighted by Crippen LogP contribution is 2.26. The quantitative estimate of drug-likeness (QED) is 0.519. The largest absolute Gasteiger partial charge is 0.398 e. The van der Waals surface area contributed by atoms with Gasteiger partial charge in [0, 0.05) is 6.54 Å². The molecular formula is C9H12ClN3O4S. The van der Waals surface area contributed by atoms with Crippen molar-refractivity contribution in [1.82, 2.24) is 4.72 Å². The second kappa shape index (κ2) is 5.53. The fourth-order valence-electron chi connectivity index (χ4n) is 1.17. The maximum atomic E-state index is 11.9. The van der Waals surface area contributed by atoms with Gasteiger partial charge < -0.3 is 16.6 Å². The van der Waals surface area contributed by atoms with Gasteiger partial charge in [-0.1, -0.05) is 17.7 Å². The van der Waals surface area contributed by atoms with E-state index in [1.54, 1.807) is 0 Å². The molecule has 0 saturated heterocycles. The Morgan fingerprint density at radius 3 is 2.61 bits per heavy atom. The molecule has 0 aliphatic carbocycles. The maximum Gasteiger partial charge on any atom is 0.247 e. The molecule has 1 atom stereocenters. The Bertz CT molecular complexity index is 541. The molecule has 1 aromatic carbocycles. The molecule has 1 unspecified atom stereocenters. The van der Waals surface area contributed by atoms with Crippen LogP contribution in [0.5, 0.6) is 0 Å². The van der Waals surface area contributed by atoms with Crippen LogP contribution < -0.4 is 16.2 Å². The third-order valence-electron chi connectivity index (χ3n) is 2.06. The van der Waals surface area contributed by atoms with Crippen LogP contribution in [0.1, 0.15) is 0 Å². The minimum absolute atomic E-state index is 0.0384. The van der Waals surface area contributed by atoms with Crippen molar-refractivity contribution >= 4 is 33.2 Å². The van der Waals surface area contributed by atoms with Crippen LogP contribution in [0, 0.1) is 0 Å². The number of amides is 1. The van der Waals surface area contributed by atoms with Crippen LogP contribution >= 0.6 is 11.6 Å². The van der Waals surface area contributed by atoms with Gasteiger partial charge in [0.05, 0.1) is 10.7 Å². The number of benzene rings is 1. The van der Waals surface area contributed by atoms with Crippen LogP contribution in [0.25, 0.3) is 0 Å². The molecule has 0 aliphatic rings. The van der Waals surface area contributed by atoms with Crippen molar-refractivity contribution in [2.45, 2.75) is 11.0 Å². The summed E-state index contributed by atoms with van der Waals surface area (Å²) in [6, 6.07) is 4.22. The van der Waals surface area contributed by atoms with Gasteiger partial charge in [0.25, 0.3) is 0 Å². The summed E-state index contributed by atoms with van der Waals surface area (Å²) in [5.41, 5.74) is 10.3. The number of sulfonamides is 1. The van der Waals surface area contributed by atoms with Gasteiger partial charge in [0.2, 0.25) is 15.9 Å². The first kappa shape index (κ1) is 14.7. The lowest BCUT2D eigenvalue weighted by molar-refractivity contribution is -0.125. The number of rotatable bonds is 5. The summed E-state index contributed by atoms with van der Waals surface area (Å²) >= 11 is 5.74. The monoisotopic (exact) mass is 293 g/mol. The van der Waals surface area contributed by atoms with E-state index in [9.17, 15) is 13.2 Å². The predicted octanol–water partition coefficient (Wildman–Crippen LogP) is -0.953. The summed E-state index contributed by atoms with van der Waals surface area (Å²) in [6.07, 6.45) is -1.62. The average Bonchev–Trinajstić information content (AvgIpc) is 2.25. The number of anilines is 1. The van der Waals surface area contributed by atoms with Crippen LogP contribution in [0.2, 0.25) is 5.02 Å². The number of hydrogen-bond donors (Lipinski definition) is 4.